The molecule has 0 bridgehead atoms. The Hall–Kier alpha value is -2.45. The second-order valence-electron chi connectivity index (χ2n) is 4.95. The van der Waals surface area contributed by atoms with Crippen LogP contribution in [0.5, 0.6) is 0 Å². The molecule has 122 valence electrons. The highest BCUT2D eigenvalue weighted by atomic mass is 32.2. The van der Waals surface area contributed by atoms with Crippen LogP contribution in [0.1, 0.15) is 5.56 Å². The molecule has 3 rings (SSSR count). The highest BCUT2D eigenvalue weighted by molar-refractivity contribution is 7.98. The molecule has 2 heterocycles. The number of fused-ring (bicyclic) bond motifs is 1. The van der Waals surface area contributed by atoms with E-state index in [-0.39, 0.29) is 11.2 Å². The molecule has 0 radical (unpaired) electrons. The highest BCUT2D eigenvalue weighted by Crippen LogP contribution is 2.25. The number of allylic oxidation sites excluding steroid dienone is 1. The third-order valence-corrected chi connectivity index (χ3v) is 5.23. The minimum Gasteiger partial charge on any atom is -0.283 e. The van der Waals surface area contributed by atoms with Gasteiger partial charge in [-0.1, -0.05) is 30.0 Å². The standard InChI is InChI=1S/C16H13N3O3S2/c1-2-8-18-15(20)13-7-9-23-14(13)17-16(18)24-10-11-3-5-12(6-4-11)19(21)22/h2-7,9H,1,8,10H2. The summed E-state index contributed by atoms with van der Waals surface area (Å²) in [5, 5.41) is 13.8. The Morgan fingerprint density at radius 2 is 2.08 bits per heavy atom. The van der Waals surface area contributed by atoms with Crippen LogP contribution in [0.2, 0.25) is 0 Å². The van der Waals surface area contributed by atoms with Crippen molar-refractivity contribution in [1.29, 1.82) is 0 Å². The average Bonchev–Trinajstić information content (AvgIpc) is 3.05. The zero-order chi connectivity index (χ0) is 17.1. The van der Waals surface area contributed by atoms with Crippen molar-refractivity contribution < 1.29 is 4.92 Å². The van der Waals surface area contributed by atoms with Crippen molar-refractivity contribution in [2.24, 2.45) is 0 Å². The number of hydrogen-bond donors (Lipinski definition) is 0. The first-order chi connectivity index (χ1) is 11.6. The maximum Gasteiger partial charge on any atom is 0.269 e. The van der Waals surface area contributed by atoms with Crippen molar-refractivity contribution in [3.8, 4) is 0 Å². The summed E-state index contributed by atoms with van der Waals surface area (Å²) in [4.78, 5) is 28.1. The van der Waals surface area contributed by atoms with Crippen molar-refractivity contribution in [3.63, 3.8) is 0 Å². The van der Waals surface area contributed by atoms with Crippen molar-refractivity contribution in [2.45, 2.75) is 17.5 Å². The predicted octanol–water partition coefficient (Wildman–Crippen LogP) is 3.84. The fraction of sp³-hybridized carbons (Fsp3) is 0.125. The summed E-state index contributed by atoms with van der Waals surface area (Å²) < 4.78 is 1.60. The van der Waals surface area contributed by atoms with E-state index in [2.05, 4.69) is 11.6 Å². The smallest absolute Gasteiger partial charge is 0.269 e. The van der Waals surface area contributed by atoms with Gasteiger partial charge in [-0.3, -0.25) is 19.5 Å². The molecule has 0 amide bonds. The molecule has 2 aromatic heterocycles. The van der Waals surface area contributed by atoms with Crippen LogP contribution in [0.3, 0.4) is 0 Å². The average molecular weight is 359 g/mol. The second-order valence-corrected chi connectivity index (χ2v) is 6.79. The lowest BCUT2D eigenvalue weighted by atomic mass is 10.2. The Morgan fingerprint density at radius 1 is 1.33 bits per heavy atom. The van der Waals surface area contributed by atoms with E-state index in [0.29, 0.717) is 27.7 Å². The van der Waals surface area contributed by atoms with Crippen LogP contribution in [0, 0.1) is 10.1 Å². The number of non-ortho nitro benzene ring substituents is 1. The summed E-state index contributed by atoms with van der Waals surface area (Å²) in [5.74, 6) is 0.568. The SMILES string of the molecule is C=CCn1c(SCc2ccc([N+](=O)[O-])cc2)nc2sccc2c1=O. The predicted molar refractivity (Wildman–Crippen MR) is 96.7 cm³/mol. The highest BCUT2D eigenvalue weighted by Gasteiger charge is 2.12. The number of nitrogens with zero attached hydrogens (tertiary/aromatic N) is 3. The first-order valence-electron chi connectivity index (χ1n) is 7.05. The van der Waals surface area contributed by atoms with Gasteiger partial charge in [-0.2, -0.15) is 0 Å². The molecule has 0 saturated heterocycles. The second kappa shape index (κ2) is 6.98. The molecule has 1 aromatic carbocycles. The Morgan fingerprint density at radius 3 is 2.75 bits per heavy atom. The van der Waals surface area contributed by atoms with E-state index < -0.39 is 4.92 Å². The van der Waals surface area contributed by atoms with Gasteiger partial charge in [-0.15, -0.1) is 17.9 Å². The van der Waals surface area contributed by atoms with Crippen molar-refractivity contribution in [2.75, 3.05) is 0 Å². The Labute approximate surface area is 145 Å². The number of rotatable bonds is 6. The van der Waals surface area contributed by atoms with E-state index in [1.807, 2.05) is 5.38 Å². The molecule has 0 saturated carbocycles. The zero-order valence-electron chi connectivity index (χ0n) is 12.5. The summed E-state index contributed by atoms with van der Waals surface area (Å²) in [6.45, 7) is 4.08. The van der Waals surface area contributed by atoms with Crippen LogP contribution in [-0.4, -0.2) is 14.5 Å². The Kier molecular flexibility index (Phi) is 4.77. The molecule has 3 aromatic rings. The normalized spacial score (nSPS) is 10.8. The van der Waals surface area contributed by atoms with Crippen molar-refractivity contribution >= 4 is 39.0 Å². The first-order valence-corrected chi connectivity index (χ1v) is 8.91. The van der Waals surface area contributed by atoms with Gasteiger partial charge in [-0.05, 0) is 17.0 Å². The van der Waals surface area contributed by atoms with Crippen LogP contribution >= 0.6 is 23.1 Å². The van der Waals surface area contributed by atoms with Gasteiger partial charge < -0.3 is 0 Å². The summed E-state index contributed by atoms with van der Waals surface area (Å²) in [6.07, 6.45) is 1.66. The molecule has 0 aliphatic carbocycles. The van der Waals surface area contributed by atoms with Crippen LogP contribution < -0.4 is 5.56 Å². The third-order valence-electron chi connectivity index (χ3n) is 3.38. The molecule has 0 N–H and O–H groups in total. The number of hydrogen-bond acceptors (Lipinski definition) is 6. The largest absolute Gasteiger partial charge is 0.283 e. The fourth-order valence-corrected chi connectivity index (χ4v) is 3.96. The van der Waals surface area contributed by atoms with Gasteiger partial charge in [0.15, 0.2) is 5.16 Å². The number of nitro groups is 1. The first kappa shape index (κ1) is 16.4. The lowest BCUT2D eigenvalue weighted by Crippen LogP contribution is -2.22. The molecule has 8 heteroatoms. The lowest BCUT2D eigenvalue weighted by Gasteiger charge is -2.10. The Balaban J connectivity index is 1.88. The molecule has 0 aliphatic rings. The number of benzene rings is 1. The summed E-state index contributed by atoms with van der Waals surface area (Å²) in [7, 11) is 0. The van der Waals surface area contributed by atoms with Gasteiger partial charge in [0.05, 0.1) is 10.3 Å². The molecule has 0 aliphatic heterocycles. The number of thiophene rings is 1. The summed E-state index contributed by atoms with van der Waals surface area (Å²) in [6, 6.07) is 8.15. The van der Waals surface area contributed by atoms with Gasteiger partial charge >= 0.3 is 0 Å². The minimum atomic E-state index is -0.426. The minimum absolute atomic E-state index is 0.0606. The molecule has 0 atom stereocenters. The molecule has 6 nitrogen and oxygen atoms in total. The molecule has 0 fully saturated rings. The van der Waals surface area contributed by atoms with Crippen LogP contribution in [0.15, 0.2) is 58.3 Å². The van der Waals surface area contributed by atoms with Gasteiger partial charge in [0.2, 0.25) is 0 Å². The molecule has 0 spiro atoms. The van der Waals surface area contributed by atoms with E-state index in [1.54, 1.807) is 28.8 Å². The van der Waals surface area contributed by atoms with Gasteiger partial charge in [0, 0.05) is 24.4 Å². The van der Waals surface area contributed by atoms with E-state index in [1.165, 1.54) is 35.2 Å². The summed E-state index contributed by atoms with van der Waals surface area (Å²) >= 11 is 2.86. The van der Waals surface area contributed by atoms with Crippen LogP contribution in [-0.2, 0) is 12.3 Å². The number of nitro benzene ring substituents is 1. The maximum absolute atomic E-state index is 12.5. The van der Waals surface area contributed by atoms with Crippen molar-refractivity contribution in [1.82, 2.24) is 9.55 Å². The zero-order valence-corrected chi connectivity index (χ0v) is 14.2. The number of thioether (sulfide) groups is 1. The van der Waals surface area contributed by atoms with E-state index in [4.69, 9.17) is 0 Å². The van der Waals surface area contributed by atoms with Crippen LogP contribution in [0.25, 0.3) is 10.2 Å². The van der Waals surface area contributed by atoms with Crippen LogP contribution in [0.4, 0.5) is 5.69 Å². The molecule has 24 heavy (non-hydrogen) atoms. The quantitative estimate of drug-likeness (QED) is 0.220. The van der Waals surface area contributed by atoms with Gasteiger partial charge in [0.1, 0.15) is 4.83 Å². The van der Waals surface area contributed by atoms with E-state index >= 15 is 0 Å². The molecular weight excluding hydrogens is 346 g/mol. The van der Waals surface area contributed by atoms with Crippen molar-refractivity contribution in [3.05, 3.63) is 74.4 Å². The summed E-state index contributed by atoms with van der Waals surface area (Å²) in [5.41, 5.74) is 0.911. The maximum atomic E-state index is 12.5. The lowest BCUT2D eigenvalue weighted by molar-refractivity contribution is -0.384. The molecule has 0 unspecified atom stereocenters. The van der Waals surface area contributed by atoms with E-state index in [9.17, 15) is 14.9 Å². The van der Waals surface area contributed by atoms with Gasteiger partial charge in [0.25, 0.3) is 11.2 Å². The monoisotopic (exact) mass is 359 g/mol. The third kappa shape index (κ3) is 3.24. The topological polar surface area (TPSA) is 78.0 Å². The number of aromatic nitrogens is 2. The molecular formula is C16H13N3O3S2. The Bertz CT molecular complexity index is 961. The van der Waals surface area contributed by atoms with Gasteiger partial charge in [-0.25, -0.2) is 4.98 Å². The fourth-order valence-electron chi connectivity index (χ4n) is 2.19. The van der Waals surface area contributed by atoms with E-state index in [0.717, 1.165) is 5.56 Å².